The number of carbonyl (C=O) groups is 3. The van der Waals surface area contributed by atoms with E-state index in [0.717, 1.165) is 22.5 Å². The Morgan fingerprint density at radius 3 is 1.12 bits per heavy atom. The molecule has 4 aromatic rings. The molecule has 7 heteroatoms. The van der Waals surface area contributed by atoms with Gasteiger partial charge >= 0.3 is 0 Å². The minimum Gasteiger partial charge on any atom is -0.395 e. The number of aliphatic hydroxyl groups is 2. The molecule has 4 aromatic carbocycles. The second kappa shape index (κ2) is 14.3. The predicted molar refractivity (Wildman–Crippen MR) is 166 cm³/mol. The second-order valence-electron chi connectivity index (χ2n) is 10.3. The Kier molecular flexibility index (Phi) is 10.4. The van der Waals surface area contributed by atoms with Gasteiger partial charge in [0.1, 0.15) is 0 Å². The molecule has 0 aromatic heterocycles. The van der Waals surface area contributed by atoms with Crippen molar-refractivity contribution in [2.24, 2.45) is 0 Å². The summed E-state index contributed by atoms with van der Waals surface area (Å²) in [6.07, 6.45) is 0.455. The summed E-state index contributed by atoms with van der Waals surface area (Å²) in [6, 6.07) is 28.7. The van der Waals surface area contributed by atoms with E-state index in [9.17, 15) is 14.4 Å². The van der Waals surface area contributed by atoms with Crippen molar-refractivity contribution in [2.45, 2.75) is 12.8 Å². The first-order chi connectivity index (χ1) is 20.3. The first kappa shape index (κ1) is 30.4. The zero-order valence-electron chi connectivity index (χ0n) is 24.0. The molecule has 0 saturated carbocycles. The fourth-order valence-electron chi connectivity index (χ4n) is 4.65. The Balaban J connectivity index is 1.33. The molecule has 0 radical (unpaired) electrons. The first-order valence-corrected chi connectivity index (χ1v) is 13.9. The minimum atomic E-state index is -0.129. The van der Waals surface area contributed by atoms with Crippen molar-refractivity contribution in [1.29, 1.82) is 0 Å². The molecule has 0 saturated heterocycles. The number of nitrogens with zero attached hydrogens (tertiary/aromatic N) is 2. The van der Waals surface area contributed by atoms with Crippen LogP contribution in [0.5, 0.6) is 0 Å². The van der Waals surface area contributed by atoms with Gasteiger partial charge < -0.3 is 20.0 Å². The third kappa shape index (κ3) is 7.78. The number of anilines is 2. The van der Waals surface area contributed by atoms with Crippen LogP contribution in [0.3, 0.4) is 0 Å². The normalized spacial score (nSPS) is 10.8. The lowest BCUT2D eigenvalue weighted by atomic mass is 9.97. The zero-order chi connectivity index (χ0) is 30.1. The molecular weight excluding hydrogens is 528 g/mol. The van der Waals surface area contributed by atoms with E-state index in [1.165, 1.54) is 0 Å². The summed E-state index contributed by atoms with van der Waals surface area (Å²) < 4.78 is 0. The van der Waals surface area contributed by atoms with E-state index >= 15 is 0 Å². The van der Waals surface area contributed by atoms with Gasteiger partial charge in [0.05, 0.1) is 13.2 Å². The molecule has 0 fully saturated rings. The van der Waals surface area contributed by atoms with E-state index in [-0.39, 0.29) is 43.4 Å². The summed E-state index contributed by atoms with van der Waals surface area (Å²) >= 11 is 0. The van der Waals surface area contributed by atoms with E-state index in [2.05, 4.69) is 0 Å². The summed E-state index contributed by atoms with van der Waals surface area (Å²) in [5, 5.41) is 18.2. The van der Waals surface area contributed by atoms with Crippen LogP contribution in [0.2, 0.25) is 0 Å². The highest BCUT2D eigenvalue weighted by Crippen LogP contribution is 2.19. The third-order valence-corrected chi connectivity index (χ3v) is 7.29. The zero-order valence-corrected chi connectivity index (χ0v) is 24.0. The van der Waals surface area contributed by atoms with Crippen LogP contribution in [-0.4, -0.2) is 68.0 Å². The van der Waals surface area contributed by atoms with Crippen LogP contribution in [0.25, 0.3) is 0 Å². The molecule has 0 aliphatic heterocycles. The van der Waals surface area contributed by atoms with Crippen LogP contribution in [0.15, 0.2) is 97.1 Å². The van der Waals surface area contributed by atoms with E-state index in [1.807, 2.05) is 48.2 Å². The van der Waals surface area contributed by atoms with E-state index < -0.39 is 0 Å². The summed E-state index contributed by atoms with van der Waals surface area (Å²) in [5.41, 5.74) is 5.76. The molecule has 2 N–H and O–H groups in total. The van der Waals surface area contributed by atoms with E-state index in [0.29, 0.717) is 35.3 Å². The maximum absolute atomic E-state index is 13.1. The predicted octanol–water partition coefficient (Wildman–Crippen LogP) is 4.63. The summed E-state index contributed by atoms with van der Waals surface area (Å²) in [6.45, 7) is 1.15. The molecular formula is C35H36N2O5. The highest BCUT2D eigenvalue weighted by atomic mass is 16.3. The Bertz CT molecular complexity index is 1380. The number of hydrogen-bond acceptors (Lipinski definition) is 7. The Morgan fingerprint density at radius 2 is 0.810 bits per heavy atom. The number of benzene rings is 4. The SMILES string of the molecule is CN(CCO)c1ccc(C(=O)Cc2ccc(C(=O)c3ccc(CC(=O)c4ccc(N(C)CCO)cc4)cc3)cc2)cc1. The lowest BCUT2D eigenvalue weighted by Gasteiger charge is -2.17. The monoisotopic (exact) mass is 564 g/mol. The average molecular weight is 565 g/mol. The lowest BCUT2D eigenvalue weighted by molar-refractivity contribution is 0.0985. The van der Waals surface area contributed by atoms with Gasteiger partial charge in [-0.2, -0.15) is 0 Å². The molecule has 7 nitrogen and oxygen atoms in total. The average Bonchev–Trinajstić information content (AvgIpc) is 3.02. The van der Waals surface area contributed by atoms with E-state index in [4.69, 9.17) is 10.2 Å². The van der Waals surface area contributed by atoms with Gasteiger partial charge in [-0.3, -0.25) is 14.4 Å². The fraction of sp³-hybridized carbons (Fsp3) is 0.229. The quantitative estimate of drug-likeness (QED) is 0.216. The number of Topliss-reactive ketones (excluding diaryl/α,β-unsaturated/α-hetero) is 2. The minimum absolute atomic E-state index is 0.0134. The largest absolute Gasteiger partial charge is 0.395 e. The van der Waals surface area contributed by atoms with Gasteiger partial charge in [0, 0.05) is 73.7 Å². The number of hydrogen-bond donors (Lipinski definition) is 2. The van der Waals surface area contributed by atoms with Gasteiger partial charge in [0.25, 0.3) is 0 Å². The maximum atomic E-state index is 13.1. The van der Waals surface area contributed by atoms with Crippen molar-refractivity contribution in [2.75, 3.05) is 50.2 Å². The Hall–Kier alpha value is -4.59. The molecule has 42 heavy (non-hydrogen) atoms. The number of carbonyl (C=O) groups excluding carboxylic acids is 3. The van der Waals surface area contributed by atoms with Crippen molar-refractivity contribution in [3.8, 4) is 0 Å². The van der Waals surface area contributed by atoms with Crippen LogP contribution in [0, 0.1) is 0 Å². The van der Waals surface area contributed by atoms with E-state index in [1.54, 1.807) is 72.8 Å². The molecule has 0 aliphatic carbocycles. The van der Waals surface area contributed by atoms with Gasteiger partial charge in [-0.05, 0) is 59.7 Å². The van der Waals surface area contributed by atoms with Crippen LogP contribution < -0.4 is 9.80 Å². The highest BCUT2D eigenvalue weighted by molar-refractivity contribution is 6.09. The molecule has 4 rings (SSSR count). The molecule has 216 valence electrons. The number of likely N-dealkylation sites (N-methyl/N-ethyl adjacent to an activating group) is 2. The molecule has 0 unspecified atom stereocenters. The van der Waals surface area contributed by atoms with Crippen molar-refractivity contribution in [3.05, 3.63) is 130 Å². The highest BCUT2D eigenvalue weighted by Gasteiger charge is 2.13. The molecule has 0 atom stereocenters. The lowest BCUT2D eigenvalue weighted by Crippen LogP contribution is -2.21. The number of ketones is 3. The van der Waals surface area contributed by atoms with Crippen molar-refractivity contribution in [3.63, 3.8) is 0 Å². The molecule has 0 bridgehead atoms. The first-order valence-electron chi connectivity index (χ1n) is 13.9. The summed E-state index contributed by atoms with van der Waals surface area (Å²) in [5.74, 6) is -0.156. The van der Waals surface area contributed by atoms with Crippen LogP contribution in [-0.2, 0) is 12.8 Å². The maximum Gasteiger partial charge on any atom is 0.193 e. The van der Waals surface area contributed by atoms with Crippen LogP contribution >= 0.6 is 0 Å². The number of aliphatic hydroxyl groups excluding tert-OH is 2. The molecule has 0 aliphatic rings. The van der Waals surface area contributed by atoms with Gasteiger partial charge in [-0.1, -0.05) is 48.5 Å². The smallest absolute Gasteiger partial charge is 0.193 e. The van der Waals surface area contributed by atoms with Gasteiger partial charge in [0.15, 0.2) is 17.3 Å². The molecule has 0 heterocycles. The van der Waals surface area contributed by atoms with Crippen molar-refractivity contribution >= 4 is 28.7 Å². The standard InChI is InChI=1S/C35H36N2O5/c1-36(19-21-38)31-15-11-27(12-16-31)33(40)23-25-3-7-29(8-4-25)35(42)30-9-5-26(6-10-30)24-34(41)28-13-17-32(18-14-28)37(2)20-22-39/h3-18,38-39H,19-24H2,1-2H3. The van der Waals surface area contributed by atoms with Crippen molar-refractivity contribution < 1.29 is 24.6 Å². The van der Waals surface area contributed by atoms with Crippen molar-refractivity contribution in [1.82, 2.24) is 0 Å². The van der Waals surface area contributed by atoms with Gasteiger partial charge in [-0.15, -0.1) is 0 Å². The summed E-state index contributed by atoms with van der Waals surface area (Å²) in [7, 11) is 3.77. The Morgan fingerprint density at radius 1 is 0.500 bits per heavy atom. The third-order valence-electron chi connectivity index (χ3n) is 7.29. The van der Waals surface area contributed by atoms with Gasteiger partial charge in [0.2, 0.25) is 0 Å². The van der Waals surface area contributed by atoms with Gasteiger partial charge in [-0.25, -0.2) is 0 Å². The second-order valence-corrected chi connectivity index (χ2v) is 10.3. The molecule has 0 amide bonds. The fourth-order valence-corrected chi connectivity index (χ4v) is 4.65. The molecule has 0 spiro atoms. The number of rotatable bonds is 14. The Labute approximate surface area is 246 Å². The summed E-state index contributed by atoms with van der Waals surface area (Å²) in [4.78, 5) is 42.4. The topological polar surface area (TPSA) is 98.2 Å². The van der Waals surface area contributed by atoms with Crippen LogP contribution in [0.1, 0.15) is 47.8 Å². The van der Waals surface area contributed by atoms with Crippen LogP contribution in [0.4, 0.5) is 11.4 Å².